The molecule has 1 amide bonds. The monoisotopic (exact) mass is 335 g/mol. The van der Waals surface area contributed by atoms with Crippen molar-refractivity contribution < 1.29 is 19.1 Å². The van der Waals surface area contributed by atoms with E-state index in [0.29, 0.717) is 19.7 Å². The average Bonchev–Trinajstić information content (AvgIpc) is 3.21. The van der Waals surface area contributed by atoms with Crippen LogP contribution in [-0.2, 0) is 14.3 Å². The second kappa shape index (κ2) is 5.34. The zero-order valence-electron chi connectivity index (χ0n) is 13.6. The van der Waals surface area contributed by atoms with Gasteiger partial charge in [0.1, 0.15) is 11.5 Å². The highest BCUT2D eigenvalue weighted by Crippen LogP contribution is 2.45. The summed E-state index contributed by atoms with van der Waals surface area (Å²) in [7, 11) is 0. The van der Waals surface area contributed by atoms with Crippen LogP contribution in [-0.4, -0.2) is 36.5 Å². The van der Waals surface area contributed by atoms with Gasteiger partial charge in [0.05, 0.1) is 18.4 Å². The quantitative estimate of drug-likeness (QED) is 0.752. The van der Waals surface area contributed by atoms with Crippen LogP contribution in [0.5, 0.6) is 11.5 Å². The number of cyclic esters (lactones) is 1. The summed E-state index contributed by atoms with van der Waals surface area (Å²) in [6, 6.07) is 15.3. The Morgan fingerprint density at radius 3 is 2.24 bits per heavy atom. The van der Waals surface area contributed by atoms with Crippen molar-refractivity contribution in [1.82, 2.24) is 4.90 Å². The minimum absolute atomic E-state index is 0.0328. The number of esters is 1. The van der Waals surface area contributed by atoms with E-state index in [4.69, 9.17) is 9.47 Å². The van der Waals surface area contributed by atoms with Crippen LogP contribution in [0.3, 0.4) is 0 Å². The van der Waals surface area contributed by atoms with Crippen molar-refractivity contribution in [3.63, 3.8) is 0 Å². The van der Waals surface area contributed by atoms with E-state index < -0.39 is 5.92 Å². The first-order chi connectivity index (χ1) is 12.2. The van der Waals surface area contributed by atoms with Crippen molar-refractivity contribution in [2.45, 2.75) is 5.92 Å². The summed E-state index contributed by atoms with van der Waals surface area (Å²) in [6.07, 6.45) is 0. The van der Waals surface area contributed by atoms with E-state index in [1.165, 1.54) is 0 Å². The first-order valence-electron chi connectivity index (χ1n) is 8.53. The lowest BCUT2D eigenvalue weighted by atomic mass is 9.87. The molecule has 0 spiro atoms. The fourth-order valence-electron chi connectivity index (χ4n) is 4.14. The Bertz CT molecular complexity index is 832. The molecular formula is C20H17NO4. The zero-order chi connectivity index (χ0) is 17.0. The van der Waals surface area contributed by atoms with E-state index >= 15 is 0 Å². The van der Waals surface area contributed by atoms with Gasteiger partial charge in [-0.15, -0.1) is 0 Å². The number of para-hydroxylation sites is 2. The first-order valence-corrected chi connectivity index (χ1v) is 8.53. The maximum atomic E-state index is 13.4. The number of ether oxygens (including phenoxy) is 2. The molecule has 2 fully saturated rings. The molecule has 0 unspecified atom stereocenters. The predicted molar refractivity (Wildman–Crippen MR) is 89.3 cm³/mol. The molecule has 0 saturated carbocycles. The van der Waals surface area contributed by atoms with Crippen molar-refractivity contribution in [3.05, 3.63) is 59.7 Å². The van der Waals surface area contributed by atoms with E-state index in [1.54, 1.807) is 0 Å². The number of carbonyl (C=O) groups excluding carboxylic acids is 2. The van der Waals surface area contributed by atoms with Gasteiger partial charge in [0, 0.05) is 30.1 Å². The highest BCUT2D eigenvalue weighted by atomic mass is 16.5. The SMILES string of the molecule is O=C1OC[C@H]2CN(C(=O)C3c4ccccc4Oc4ccccc43)C[C@@H]12. The Morgan fingerprint density at radius 2 is 1.60 bits per heavy atom. The molecule has 0 radical (unpaired) electrons. The third-order valence-electron chi connectivity index (χ3n) is 5.42. The van der Waals surface area contributed by atoms with Crippen molar-refractivity contribution in [2.75, 3.05) is 19.7 Å². The zero-order valence-corrected chi connectivity index (χ0v) is 13.6. The Hall–Kier alpha value is -2.82. The van der Waals surface area contributed by atoms with E-state index in [0.717, 1.165) is 22.6 Å². The molecule has 3 heterocycles. The summed E-state index contributed by atoms with van der Waals surface area (Å²) in [5, 5.41) is 0. The molecule has 2 aromatic carbocycles. The van der Waals surface area contributed by atoms with Gasteiger partial charge in [0.15, 0.2) is 0 Å². The second-order valence-corrected chi connectivity index (χ2v) is 6.85. The van der Waals surface area contributed by atoms with E-state index in [-0.39, 0.29) is 23.7 Å². The molecule has 5 heteroatoms. The summed E-state index contributed by atoms with van der Waals surface area (Å²) in [6.45, 7) is 1.45. The maximum absolute atomic E-state index is 13.4. The second-order valence-electron chi connectivity index (χ2n) is 6.85. The largest absolute Gasteiger partial charge is 0.465 e. The lowest BCUT2D eigenvalue weighted by molar-refractivity contribution is -0.142. The smallest absolute Gasteiger partial charge is 0.311 e. The number of rotatable bonds is 1. The van der Waals surface area contributed by atoms with E-state index in [2.05, 4.69) is 0 Å². The molecule has 3 aliphatic rings. The third-order valence-corrected chi connectivity index (χ3v) is 5.42. The van der Waals surface area contributed by atoms with Crippen molar-refractivity contribution in [3.8, 4) is 11.5 Å². The summed E-state index contributed by atoms with van der Waals surface area (Å²) in [5.74, 6) is 0.863. The highest BCUT2D eigenvalue weighted by molar-refractivity contribution is 5.90. The number of likely N-dealkylation sites (tertiary alicyclic amines) is 1. The number of hydrogen-bond acceptors (Lipinski definition) is 4. The molecular weight excluding hydrogens is 318 g/mol. The van der Waals surface area contributed by atoms with Gasteiger partial charge >= 0.3 is 5.97 Å². The fraction of sp³-hybridized carbons (Fsp3) is 0.300. The molecule has 2 saturated heterocycles. The molecule has 5 nitrogen and oxygen atoms in total. The minimum Gasteiger partial charge on any atom is -0.465 e. The van der Waals surface area contributed by atoms with Crippen LogP contribution in [0.1, 0.15) is 17.0 Å². The number of hydrogen-bond donors (Lipinski definition) is 0. The number of fused-ring (bicyclic) bond motifs is 3. The molecule has 126 valence electrons. The van der Waals surface area contributed by atoms with Crippen LogP contribution >= 0.6 is 0 Å². The molecule has 25 heavy (non-hydrogen) atoms. The van der Waals surface area contributed by atoms with Gasteiger partial charge in [-0.25, -0.2) is 0 Å². The summed E-state index contributed by atoms with van der Waals surface area (Å²) in [4.78, 5) is 27.0. The van der Waals surface area contributed by atoms with Crippen molar-refractivity contribution in [2.24, 2.45) is 11.8 Å². The van der Waals surface area contributed by atoms with Crippen molar-refractivity contribution in [1.29, 1.82) is 0 Å². The average molecular weight is 335 g/mol. The van der Waals surface area contributed by atoms with Gasteiger partial charge in [-0.2, -0.15) is 0 Å². The summed E-state index contributed by atoms with van der Waals surface area (Å²) >= 11 is 0. The number of nitrogens with zero attached hydrogens (tertiary/aromatic N) is 1. The highest BCUT2D eigenvalue weighted by Gasteiger charge is 2.47. The predicted octanol–water partition coefficient (Wildman–Crippen LogP) is 2.56. The van der Waals surface area contributed by atoms with E-state index in [1.807, 2.05) is 53.4 Å². The molecule has 3 aliphatic heterocycles. The Morgan fingerprint density at radius 1 is 0.960 bits per heavy atom. The normalized spacial score (nSPS) is 24.2. The van der Waals surface area contributed by atoms with Gasteiger partial charge in [-0.3, -0.25) is 9.59 Å². The van der Waals surface area contributed by atoms with Gasteiger partial charge in [0.2, 0.25) is 5.91 Å². The van der Waals surface area contributed by atoms with Crippen LogP contribution in [0.15, 0.2) is 48.5 Å². The minimum atomic E-state index is -0.393. The van der Waals surface area contributed by atoms with Crippen LogP contribution in [0.4, 0.5) is 0 Å². The molecule has 2 atom stereocenters. The fourth-order valence-corrected chi connectivity index (χ4v) is 4.14. The molecule has 0 aromatic heterocycles. The van der Waals surface area contributed by atoms with Gasteiger partial charge in [0.25, 0.3) is 0 Å². The van der Waals surface area contributed by atoms with Crippen LogP contribution in [0.2, 0.25) is 0 Å². The van der Waals surface area contributed by atoms with Crippen molar-refractivity contribution >= 4 is 11.9 Å². The Labute approximate surface area is 145 Å². The van der Waals surface area contributed by atoms with Crippen LogP contribution in [0, 0.1) is 11.8 Å². The lowest BCUT2D eigenvalue weighted by Crippen LogP contribution is -2.36. The topological polar surface area (TPSA) is 55.8 Å². The maximum Gasteiger partial charge on any atom is 0.311 e. The molecule has 2 aromatic rings. The molecule has 0 N–H and O–H groups in total. The van der Waals surface area contributed by atoms with E-state index in [9.17, 15) is 9.59 Å². The number of carbonyl (C=O) groups is 2. The molecule has 0 aliphatic carbocycles. The third kappa shape index (κ3) is 2.15. The number of amides is 1. The molecule has 0 bridgehead atoms. The number of benzene rings is 2. The summed E-state index contributed by atoms with van der Waals surface area (Å²) < 4.78 is 11.1. The first kappa shape index (κ1) is 14.5. The van der Waals surface area contributed by atoms with Crippen LogP contribution in [0.25, 0.3) is 0 Å². The standard InChI is InChI=1S/C20H17NO4/c22-19(21-9-12-11-24-20(23)15(12)10-21)18-13-5-1-3-7-16(13)25-17-8-4-2-6-14(17)18/h1-8,12,15,18H,9-11H2/t12-,15-/m1/s1. The summed E-state index contributed by atoms with van der Waals surface area (Å²) in [5.41, 5.74) is 1.76. The van der Waals surface area contributed by atoms with Gasteiger partial charge in [-0.1, -0.05) is 36.4 Å². The Balaban J connectivity index is 1.53. The van der Waals surface area contributed by atoms with Crippen LogP contribution < -0.4 is 4.74 Å². The van der Waals surface area contributed by atoms with Gasteiger partial charge in [-0.05, 0) is 12.1 Å². The van der Waals surface area contributed by atoms with Gasteiger partial charge < -0.3 is 14.4 Å². The lowest BCUT2D eigenvalue weighted by Gasteiger charge is -2.30. The Kier molecular flexibility index (Phi) is 3.10. The molecule has 5 rings (SSSR count).